The molecular weight excluding hydrogens is 402 g/mol. The number of aryl methyl sites for hydroxylation is 1. The van der Waals surface area contributed by atoms with Gasteiger partial charge in [0.2, 0.25) is 0 Å². The molecule has 0 radical (unpaired) electrons. The third-order valence-electron chi connectivity index (χ3n) is 5.52. The van der Waals surface area contributed by atoms with Crippen molar-refractivity contribution in [3.63, 3.8) is 0 Å². The van der Waals surface area contributed by atoms with Crippen LogP contribution in [0, 0.1) is 6.92 Å². The lowest BCUT2D eigenvalue weighted by Gasteiger charge is -2.26. The van der Waals surface area contributed by atoms with Crippen molar-refractivity contribution in [2.75, 3.05) is 0 Å². The van der Waals surface area contributed by atoms with Gasteiger partial charge in [-0.3, -0.25) is 14.5 Å². The Morgan fingerprint density at radius 2 is 1.59 bits per heavy atom. The molecule has 1 N–H and O–H groups in total. The molecule has 3 aromatic carbocycles. The van der Waals surface area contributed by atoms with Crippen LogP contribution in [-0.4, -0.2) is 36.6 Å². The second-order valence-electron chi connectivity index (χ2n) is 7.57. The van der Waals surface area contributed by atoms with Gasteiger partial charge in [0.25, 0.3) is 0 Å². The van der Waals surface area contributed by atoms with Crippen LogP contribution in [0.25, 0.3) is 5.69 Å². The monoisotopic (exact) mass is 423 g/mol. The first-order valence-electron chi connectivity index (χ1n) is 10.3. The molecule has 0 aliphatic carbocycles. The van der Waals surface area contributed by atoms with E-state index in [1.54, 1.807) is 0 Å². The van der Waals surface area contributed by atoms with Gasteiger partial charge in [-0.2, -0.15) is 0 Å². The molecule has 5 rings (SSSR count). The Labute approximate surface area is 185 Å². The molecule has 1 aromatic heterocycles. The molecule has 1 aliphatic rings. The van der Waals surface area contributed by atoms with Crippen molar-refractivity contribution in [3.05, 3.63) is 113 Å². The molecule has 7 nitrogen and oxygen atoms in total. The summed E-state index contributed by atoms with van der Waals surface area (Å²) in [4.78, 5) is 18.8. The second kappa shape index (κ2) is 8.11. The van der Waals surface area contributed by atoms with Crippen molar-refractivity contribution in [1.82, 2.24) is 19.7 Å². The molecule has 7 heteroatoms. The smallest absolute Gasteiger partial charge is 0.409 e. The van der Waals surface area contributed by atoms with Crippen molar-refractivity contribution in [3.8, 4) is 5.69 Å². The maximum Gasteiger partial charge on any atom is 0.409 e. The lowest BCUT2D eigenvalue weighted by Crippen LogP contribution is -2.34. The first-order valence-corrected chi connectivity index (χ1v) is 10.3. The van der Waals surface area contributed by atoms with Crippen LogP contribution in [0.2, 0.25) is 0 Å². The van der Waals surface area contributed by atoms with Gasteiger partial charge in [-0.1, -0.05) is 78.9 Å². The standard InChI is InChI=1S/C25H21N5O2/c1-17-27-28-24-23(29(25(31)32)16-18-10-4-2-5-11-18)26-22(19-12-6-3-7-13-19)20-14-8-9-15-21(20)30(17)24/h2-15,23H,16H2,1H3,(H,31,32). The molecule has 4 aromatic rings. The first kappa shape index (κ1) is 19.7. The fourth-order valence-electron chi connectivity index (χ4n) is 4.04. The molecule has 0 saturated carbocycles. The van der Waals surface area contributed by atoms with Crippen LogP contribution in [-0.2, 0) is 6.54 Å². The maximum absolute atomic E-state index is 12.4. The molecular formula is C25H21N5O2. The lowest BCUT2D eigenvalue weighted by molar-refractivity contribution is 0.119. The predicted molar refractivity (Wildman–Crippen MR) is 121 cm³/mol. The second-order valence-corrected chi connectivity index (χ2v) is 7.57. The van der Waals surface area contributed by atoms with E-state index in [1.807, 2.05) is 96.4 Å². The number of rotatable bonds is 4. The third kappa shape index (κ3) is 3.43. The average Bonchev–Trinajstić information content (AvgIpc) is 3.13. The first-order chi connectivity index (χ1) is 15.6. The number of fused-ring (bicyclic) bond motifs is 3. The topological polar surface area (TPSA) is 83.6 Å². The minimum atomic E-state index is -1.08. The van der Waals surface area contributed by atoms with E-state index in [4.69, 9.17) is 4.99 Å². The molecule has 1 aliphatic heterocycles. The molecule has 32 heavy (non-hydrogen) atoms. The van der Waals surface area contributed by atoms with Gasteiger partial charge in [0.15, 0.2) is 12.0 Å². The molecule has 158 valence electrons. The molecule has 1 atom stereocenters. The summed E-state index contributed by atoms with van der Waals surface area (Å²) in [6, 6.07) is 27.2. The summed E-state index contributed by atoms with van der Waals surface area (Å²) in [7, 11) is 0. The highest BCUT2D eigenvalue weighted by Crippen LogP contribution is 2.33. The normalized spacial score (nSPS) is 14.7. The fourth-order valence-corrected chi connectivity index (χ4v) is 4.04. The molecule has 2 heterocycles. The zero-order chi connectivity index (χ0) is 22.1. The summed E-state index contributed by atoms with van der Waals surface area (Å²) in [5, 5.41) is 18.8. The van der Waals surface area contributed by atoms with Gasteiger partial charge in [-0.25, -0.2) is 4.79 Å². The van der Waals surface area contributed by atoms with E-state index in [2.05, 4.69) is 10.2 Å². The van der Waals surface area contributed by atoms with E-state index in [1.165, 1.54) is 4.90 Å². The van der Waals surface area contributed by atoms with Gasteiger partial charge in [-0.15, -0.1) is 10.2 Å². The highest BCUT2D eigenvalue weighted by Gasteiger charge is 2.34. The number of hydrogen-bond acceptors (Lipinski definition) is 4. The summed E-state index contributed by atoms with van der Waals surface area (Å²) < 4.78 is 1.90. The summed E-state index contributed by atoms with van der Waals surface area (Å²) in [6.45, 7) is 2.04. The lowest BCUT2D eigenvalue weighted by atomic mass is 10.0. The van der Waals surface area contributed by atoms with Crippen LogP contribution in [0.1, 0.15) is 34.5 Å². The number of benzene rings is 3. The largest absolute Gasteiger partial charge is 0.465 e. The van der Waals surface area contributed by atoms with E-state index in [0.717, 1.165) is 28.1 Å². The van der Waals surface area contributed by atoms with Gasteiger partial charge >= 0.3 is 6.09 Å². The zero-order valence-electron chi connectivity index (χ0n) is 17.5. The number of nitrogens with zero attached hydrogens (tertiary/aromatic N) is 5. The van der Waals surface area contributed by atoms with Crippen LogP contribution in [0.4, 0.5) is 4.79 Å². The van der Waals surface area contributed by atoms with Gasteiger partial charge in [0.1, 0.15) is 5.82 Å². The Bertz CT molecular complexity index is 1300. The molecule has 0 saturated heterocycles. The summed E-state index contributed by atoms with van der Waals surface area (Å²) in [5.41, 5.74) is 4.27. The molecule has 0 spiro atoms. The van der Waals surface area contributed by atoms with Gasteiger partial charge in [0.05, 0.1) is 17.9 Å². The highest BCUT2D eigenvalue weighted by atomic mass is 16.4. The zero-order valence-corrected chi connectivity index (χ0v) is 17.5. The van der Waals surface area contributed by atoms with E-state index >= 15 is 0 Å². The average molecular weight is 423 g/mol. The third-order valence-corrected chi connectivity index (χ3v) is 5.52. The number of para-hydroxylation sites is 1. The SMILES string of the molecule is Cc1nnc2n1-c1ccccc1C(c1ccccc1)=NC2N(Cc1ccccc1)C(=O)O. The fraction of sp³-hybridized carbons (Fsp3) is 0.120. The number of carbonyl (C=O) groups is 1. The van der Waals surface area contributed by atoms with E-state index in [-0.39, 0.29) is 6.54 Å². The van der Waals surface area contributed by atoms with Crippen LogP contribution >= 0.6 is 0 Å². The van der Waals surface area contributed by atoms with Crippen molar-refractivity contribution in [2.24, 2.45) is 4.99 Å². The van der Waals surface area contributed by atoms with Crippen molar-refractivity contribution >= 4 is 11.8 Å². The Morgan fingerprint density at radius 1 is 0.938 bits per heavy atom. The predicted octanol–water partition coefficient (Wildman–Crippen LogP) is 4.61. The van der Waals surface area contributed by atoms with Crippen LogP contribution in [0.15, 0.2) is 89.9 Å². The highest BCUT2D eigenvalue weighted by molar-refractivity contribution is 6.15. The number of hydrogen-bond donors (Lipinski definition) is 1. The van der Waals surface area contributed by atoms with Gasteiger partial charge in [-0.05, 0) is 18.6 Å². The minimum absolute atomic E-state index is 0.175. The number of aromatic nitrogens is 3. The van der Waals surface area contributed by atoms with E-state index in [0.29, 0.717) is 11.6 Å². The Hall–Kier alpha value is -4.26. The Morgan fingerprint density at radius 3 is 2.31 bits per heavy atom. The van der Waals surface area contributed by atoms with E-state index in [9.17, 15) is 9.90 Å². The number of carboxylic acid groups (broad SMARTS) is 1. The van der Waals surface area contributed by atoms with Crippen LogP contribution in [0.3, 0.4) is 0 Å². The quantitative estimate of drug-likeness (QED) is 0.520. The van der Waals surface area contributed by atoms with Crippen molar-refractivity contribution in [2.45, 2.75) is 19.6 Å². The minimum Gasteiger partial charge on any atom is -0.465 e. The van der Waals surface area contributed by atoms with E-state index < -0.39 is 12.3 Å². The maximum atomic E-state index is 12.4. The van der Waals surface area contributed by atoms with Crippen molar-refractivity contribution < 1.29 is 9.90 Å². The summed E-state index contributed by atoms with van der Waals surface area (Å²) in [5.74, 6) is 1.14. The summed E-state index contributed by atoms with van der Waals surface area (Å²) >= 11 is 0. The van der Waals surface area contributed by atoms with Crippen molar-refractivity contribution in [1.29, 1.82) is 0 Å². The summed E-state index contributed by atoms with van der Waals surface area (Å²) in [6.07, 6.45) is -1.94. The Kier molecular flexibility index (Phi) is 4.99. The van der Waals surface area contributed by atoms with Gasteiger partial charge in [0, 0.05) is 11.1 Å². The molecule has 0 bridgehead atoms. The van der Waals surface area contributed by atoms with Gasteiger partial charge < -0.3 is 5.11 Å². The number of amides is 1. The number of aliphatic imine (C=N–C) groups is 1. The van der Waals surface area contributed by atoms with Crippen LogP contribution in [0.5, 0.6) is 0 Å². The molecule has 1 unspecified atom stereocenters. The molecule has 0 fully saturated rings. The Balaban J connectivity index is 1.74. The molecule has 1 amide bonds. The van der Waals surface area contributed by atoms with Crippen LogP contribution < -0.4 is 0 Å².